The molecule has 0 saturated carbocycles. The lowest BCUT2D eigenvalue weighted by molar-refractivity contribution is 0.0950. The Labute approximate surface area is 145 Å². The van der Waals surface area contributed by atoms with Gasteiger partial charge in [-0.15, -0.1) is 0 Å². The standard InChI is InChI=1S/C20H15NO3S/c22-20(14-25(23,24)15-8-2-1-3-9-15)21-18-12-6-4-10-16(18)17-11-5-7-13-19(17)21/h1-13H,14H2. The molecule has 0 saturated heterocycles. The largest absolute Gasteiger partial charge is 0.279 e. The highest BCUT2D eigenvalue weighted by molar-refractivity contribution is 7.92. The maximum Gasteiger partial charge on any atom is 0.247 e. The summed E-state index contributed by atoms with van der Waals surface area (Å²) in [6, 6.07) is 23.1. The summed E-state index contributed by atoms with van der Waals surface area (Å²) >= 11 is 0. The van der Waals surface area contributed by atoms with Crippen molar-refractivity contribution in [3.63, 3.8) is 0 Å². The Kier molecular flexibility index (Phi) is 3.66. The van der Waals surface area contributed by atoms with Crippen molar-refractivity contribution in [2.45, 2.75) is 4.90 Å². The van der Waals surface area contributed by atoms with Gasteiger partial charge < -0.3 is 0 Å². The zero-order chi connectivity index (χ0) is 17.4. The molecule has 4 rings (SSSR count). The lowest BCUT2D eigenvalue weighted by atomic mass is 10.2. The van der Waals surface area contributed by atoms with E-state index in [1.807, 2.05) is 48.5 Å². The number of carbonyl (C=O) groups excluding carboxylic acids is 1. The second kappa shape index (κ2) is 5.86. The predicted molar refractivity (Wildman–Crippen MR) is 98.6 cm³/mol. The van der Waals surface area contributed by atoms with Crippen LogP contribution in [0.5, 0.6) is 0 Å². The Morgan fingerprint density at radius 2 is 1.20 bits per heavy atom. The van der Waals surface area contributed by atoms with Gasteiger partial charge in [0.05, 0.1) is 15.9 Å². The van der Waals surface area contributed by atoms with E-state index in [2.05, 4.69) is 0 Å². The highest BCUT2D eigenvalue weighted by Gasteiger charge is 2.23. The Balaban J connectivity index is 1.85. The smallest absolute Gasteiger partial charge is 0.247 e. The quantitative estimate of drug-likeness (QED) is 0.563. The number of para-hydroxylation sites is 2. The van der Waals surface area contributed by atoms with Crippen LogP contribution in [0.3, 0.4) is 0 Å². The molecule has 0 aliphatic carbocycles. The monoisotopic (exact) mass is 349 g/mol. The summed E-state index contributed by atoms with van der Waals surface area (Å²) < 4.78 is 26.7. The van der Waals surface area contributed by atoms with Crippen molar-refractivity contribution in [3.8, 4) is 0 Å². The van der Waals surface area contributed by atoms with Crippen molar-refractivity contribution in [1.82, 2.24) is 4.57 Å². The molecule has 0 aliphatic heterocycles. The molecule has 25 heavy (non-hydrogen) atoms. The molecular formula is C20H15NO3S. The van der Waals surface area contributed by atoms with E-state index in [1.54, 1.807) is 18.2 Å². The van der Waals surface area contributed by atoms with Crippen LogP contribution in [0.2, 0.25) is 0 Å². The van der Waals surface area contributed by atoms with Crippen LogP contribution in [0.25, 0.3) is 21.8 Å². The number of sulfone groups is 1. The number of nitrogens with zero attached hydrogens (tertiary/aromatic N) is 1. The summed E-state index contributed by atoms with van der Waals surface area (Å²) in [6.45, 7) is 0. The first-order chi connectivity index (χ1) is 12.1. The topological polar surface area (TPSA) is 56.1 Å². The van der Waals surface area contributed by atoms with Crippen molar-refractivity contribution in [2.24, 2.45) is 0 Å². The van der Waals surface area contributed by atoms with Crippen LogP contribution in [0.4, 0.5) is 0 Å². The van der Waals surface area contributed by atoms with E-state index in [-0.39, 0.29) is 4.90 Å². The molecule has 4 nitrogen and oxygen atoms in total. The van der Waals surface area contributed by atoms with Crippen LogP contribution < -0.4 is 0 Å². The molecule has 124 valence electrons. The fourth-order valence-corrected chi connectivity index (χ4v) is 4.32. The minimum atomic E-state index is -3.69. The summed E-state index contributed by atoms with van der Waals surface area (Å²) in [5, 5.41) is 1.87. The van der Waals surface area contributed by atoms with Gasteiger partial charge in [-0.3, -0.25) is 9.36 Å². The third-order valence-electron chi connectivity index (χ3n) is 4.25. The van der Waals surface area contributed by atoms with E-state index >= 15 is 0 Å². The van der Waals surface area contributed by atoms with Gasteiger partial charge in [0.1, 0.15) is 5.75 Å². The van der Waals surface area contributed by atoms with Crippen LogP contribution in [0.15, 0.2) is 83.8 Å². The van der Waals surface area contributed by atoms with E-state index in [1.165, 1.54) is 16.7 Å². The highest BCUT2D eigenvalue weighted by Crippen LogP contribution is 2.28. The fourth-order valence-electron chi connectivity index (χ4n) is 3.13. The van der Waals surface area contributed by atoms with Crippen molar-refractivity contribution >= 4 is 37.6 Å². The van der Waals surface area contributed by atoms with Crippen LogP contribution in [0, 0.1) is 0 Å². The van der Waals surface area contributed by atoms with Gasteiger partial charge in [0.15, 0.2) is 9.84 Å². The highest BCUT2D eigenvalue weighted by atomic mass is 32.2. The lowest BCUT2D eigenvalue weighted by Gasteiger charge is -2.07. The number of hydrogen-bond acceptors (Lipinski definition) is 3. The van der Waals surface area contributed by atoms with Crippen LogP contribution in [-0.4, -0.2) is 24.6 Å². The van der Waals surface area contributed by atoms with Gasteiger partial charge in [0, 0.05) is 10.8 Å². The normalized spacial score (nSPS) is 11.8. The maximum atomic E-state index is 12.9. The average molecular weight is 349 g/mol. The molecule has 0 fully saturated rings. The average Bonchev–Trinajstić information content (AvgIpc) is 2.97. The van der Waals surface area contributed by atoms with Crippen LogP contribution >= 0.6 is 0 Å². The van der Waals surface area contributed by atoms with Gasteiger partial charge in [-0.05, 0) is 24.3 Å². The van der Waals surface area contributed by atoms with E-state index in [4.69, 9.17) is 0 Å². The first kappa shape index (κ1) is 15.6. The predicted octanol–water partition coefficient (Wildman–Crippen LogP) is 3.91. The molecular weight excluding hydrogens is 334 g/mol. The number of fused-ring (bicyclic) bond motifs is 3. The molecule has 0 bridgehead atoms. The van der Waals surface area contributed by atoms with E-state index in [9.17, 15) is 13.2 Å². The van der Waals surface area contributed by atoms with Gasteiger partial charge in [-0.2, -0.15) is 0 Å². The maximum absolute atomic E-state index is 12.9. The third kappa shape index (κ3) is 2.62. The van der Waals surface area contributed by atoms with Gasteiger partial charge in [0.25, 0.3) is 0 Å². The Bertz CT molecular complexity index is 1140. The SMILES string of the molecule is O=C(CS(=O)(=O)c1ccccc1)n1c2ccccc2c2ccccc21. The number of carbonyl (C=O) groups is 1. The van der Waals surface area contributed by atoms with Crippen molar-refractivity contribution in [1.29, 1.82) is 0 Å². The molecule has 3 aromatic carbocycles. The van der Waals surface area contributed by atoms with E-state index in [0.29, 0.717) is 0 Å². The minimum absolute atomic E-state index is 0.157. The number of aromatic nitrogens is 1. The summed E-state index contributed by atoms with van der Waals surface area (Å²) in [4.78, 5) is 13.1. The molecule has 0 N–H and O–H groups in total. The molecule has 1 heterocycles. The minimum Gasteiger partial charge on any atom is -0.279 e. The molecule has 4 aromatic rings. The summed E-state index contributed by atoms with van der Waals surface area (Å²) in [7, 11) is -3.69. The van der Waals surface area contributed by atoms with Gasteiger partial charge in [-0.1, -0.05) is 54.6 Å². The van der Waals surface area contributed by atoms with Crippen molar-refractivity contribution in [2.75, 3.05) is 5.75 Å². The van der Waals surface area contributed by atoms with E-state index in [0.717, 1.165) is 21.8 Å². The van der Waals surface area contributed by atoms with Crippen LogP contribution in [0.1, 0.15) is 4.79 Å². The number of hydrogen-bond donors (Lipinski definition) is 0. The Morgan fingerprint density at radius 3 is 1.76 bits per heavy atom. The molecule has 0 atom stereocenters. The lowest BCUT2D eigenvalue weighted by Crippen LogP contribution is -2.22. The van der Waals surface area contributed by atoms with Crippen LogP contribution in [-0.2, 0) is 9.84 Å². The molecule has 0 spiro atoms. The summed E-state index contributed by atoms with van der Waals surface area (Å²) in [5.74, 6) is -1.03. The Morgan fingerprint density at radius 1 is 0.720 bits per heavy atom. The van der Waals surface area contributed by atoms with Crippen molar-refractivity contribution in [3.05, 3.63) is 78.9 Å². The second-order valence-corrected chi connectivity index (χ2v) is 7.83. The third-order valence-corrected chi connectivity index (χ3v) is 5.86. The summed E-state index contributed by atoms with van der Waals surface area (Å²) in [6.07, 6.45) is 0. The fraction of sp³-hybridized carbons (Fsp3) is 0.0500. The number of benzene rings is 3. The zero-order valence-corrected chi connectivity index (χ0v) is 14.1. The molecule has 5 heteroatoms. The zero-order valence-electron chi connectivity index (χ0n) is 13.3. The molecule has 0 amide bonds. The molecule has 0 aliphatic rings. The summed E-state index contributed by atoms with van der Waals surface area (Å²) in [5.41, 5.74) is 1.44. The van der Waals surface area contributed by atoms with Crippen molar-refractivity contribution < 1.29 is 13.2 Å². The first-order valence-electron chi connectivity index (χ1n) is 7.87. The van der Waals surface area contributed by atoms with E-state index < -0.39 is 21.5 Å². The number of rotatable bonds is 3. The molecule has 0 radical (unpaired) electrons. The van der Waals surface area contributed by atoms with Gasteiger partial charge in [0.2, 0.25) is 5.91 Å². The van der Waals surface area contributed by atoms with Gasteiger partial charge >= 0.3 is 0 Å². The Hall–Kier alpha value is -2.92. The first-order valence-corrected chi connectivity index (χ1v) is 9.52. The molecule has 1 aromatic heterocycles. The van der Waals surface area contributed by atoms with Gasteiger partial charge in [-0.25, -0.2) is 8.42 Å². The molecule has 0 unspecified atom stereocenters. The second-order valence-electron chi connectivity index (χ2n) is 5.84.